The van der Waals surface area contributed by atoms with E-state index in [2.05, 4.69) is 5.32 Å². The van der Waals surface area contributed by atoms with Crippen molar-refractivity contribution in [1.82, 2.24) is 0 Å². The van der Waals surface area contributed by atoms with Gasteiger partial charge in [-0.2, -0.15) is 11.8 Å². The average Bonchev–Trinajstić information content (AvgIpc) is 2.35. The Morgan fingerprint density at radius 3 is 2.58 bits per heavy atom. The lowest BCUT2D eigenvalue weighted by Gasteiger charge is -2.10. The maximum absolute atomic E-state index is 11.7. The minimum Gasteiger partial charge on any atom is -0.327 e. The van der Waals surface area contributed by atoms with Crippen molar-refractivity contribution in [2.75, 3.05) is 16.8 Å². The smallest absolute Gasteiger partial charge is 0.234 e. The lowest BCUT2D eigenvalue weighted by Crippen LogP contribution is -2.23. The van der Waals surface area contributed by atoms with Gasteiger partial charge in [-0.25, -0.2) is 0 Å². The number of halogens is 3. The van der Waals surface area contributed by atoms with Crippen molar-refractivity contribution in [2.45, 2.75) is 19.4 Å². The molecular formula is C12H15Cl3N2OS. The fourth-order valence-electron chi connectivity index (χ4n) is 1.23. The van der Waals surface area contributed by atoms with Crippen LogP contribution in [0, 0.1) is 0 Å². The highest BCUT2D eigenvalue weighted by molar-refractivity contribution is 8.00. The Labute approximate surface area is 132 Å². The minimum atomic E-state index is -0.145. The molecule has 0 aliphatic carbocycles. The van der Waals surface area contributed by atoms with Gasteiger partial charge in [0.15, 0.2) is 0 Å². The summed E-state index contributed by atoms with van der Waals surface area (Å²) in [5.41, 5.74) is 6.23. The van der Waals surface area contributed by atoms with Gasteiger partial charge in [-0.05, 0) is 18.6 Å². The van der Waals surface area contributed by atoms with Gasteiger partial charge in [-0.3, -0.25) is 4.79 Å². The summed E-state index contributed by atoms with van der Waals surface area (Å²) in [7, 11) is 0. The van der Waals surface area contributed by atoms with Crippen LogP contribution in [0.2, 0.25) is 15.1 Å². The molecule has 0 fully saturated rings. The Morgan fingerprint density at radius 1 is 1.32 bits per heavy atom. The lowest BCUT2D eigenvalue weighted by atomic mass is 10.3. The molecule has 1 aromatic carbocycles. The first-order valence-corrected chi connectivity index (χ1v) is 8.00. The molecule has 1 amide bonds. The first-order valence-electron chi connectivity index (χ1n) is 5.71. The zero-order valence-corrected chi connectivity index (χ0v) is 13.5. The van der Waals surface area contributed by atoms with Crippen LogP contribution >= 0.6 is 46.6 Å². The summed E-state index contributed by atoms with van der Waals surface area (Å²) in [4.78, 5) is 11.7. The fourth-order valence-corrected chi connectivity index (χ4v) is 2.73. The molecule has 0 radical (unpaired) electrons. The monoisotopic (exact) mass is 340 g/mol. The first kappa shape index (κ1) is 16.9. The highest BCUT2D eigenvalue weighted by Crippen LogP contribution is 2.32. The van der Waals surface area contributed by atoms with Gasteiger partial charge in [-0.15, -0.1) is 0 Å². The van der Waals surface area contributed by atoms with E-state index in [1.807, 2.05) is 6.92 Å². The summed E-state index contributed by atoms with van der Waals surface area (Å²) in [6, 6.07) is 3.15. The molecular weight excluding hydrogens is 327 g/mol. The first-order chi connectivity index (χ1) is 8.93. The third kappa shape index (κ3) is 5.79. The maximum atomic E-state index is 11.7. The van der Waals surface area contributed by atoms with E-state index >= 15 is 0 Å². The van der Waals surface area contributed by atoms with Crippen LogP contribution in [0.3, 0.4) is 0 Å². The Morgan fingerprint density at radius 2 is 1.95 bits per heavy atom. The van der Waals surface area contributed by atoms with E-state index in [1.165, 1.54) is 23.9 Å². The van der Waals surface area contributed by atoms with Crippen molar-refractivity contribution >= 4 is 58.2 Å². The van der Waals surface area contributed by atoms with Crippen LogP contribution in [-0.4, -0.2) is 23.5 Å². The molecule has 1 unspecified atom stereocenters. The lowest BCUT2D eigenvalue weighted by molar-refractivity contribution is -0.113. The number of nitrogens with two attached hydrogens (primary N) is 1. The highest BCUT2D eigenvalue weighted by Gasteiger charge is 2.10. The average molecular weight is 342 g/mol. The number of nitrogens with one attached hydrogen (secondary N) is 1. The highest BCUT2D eigenvalue weighted by atomic mass is 35.5. The Bertz CT molecular complexity index is 457. The largest absolute Gasteiger partial charge is 0.327 e. The van der Waals surface area contributed by atoms with Gasteiger partial charge in [0.2, 0.25) is 5.91 Å². The normalized spacial score (nSPS) is 12.3. The van der Waals surface area contributed by atoms with Crippen molar-refractivity contribution in [3.63, 3.8) is 0 Å². The van der Waals surface area contributed by atoms with Crippen molar-refractivity contribution < 1.29 is 4.79 Å². The fraction of sp³-hybridized carbons (Fsp3) is 0.417. The standard InChI is InChI=1S/C12H15Cl3N2OS/c1-2-7(16)5-19-6-12(18)17-11-4-9(14)8(13)3-10(11)15/h3-4,7H,2,5-6,16H2,1H3,(H,17,18). The van der Waals surface area contributed by atoms with Crippen LogP contribution in [0.25, 0.3) is 0 Å². The van der Waals surface area contributed by atoms with Crippen LogP contribution in [0.1, 0.15) is 13.3 Å². The summed E-state index contributed by atoms with van der Waals surface area (Å²) < 4.78 is 0. The van der Waals surface area contributed by atoms with Gasteiger partial charge >= 0.3 is 0 Å². The molecule has 1 atom stereocenters. The van der Waals surface area contributed by atoms with Gasteiger partial charge in [0, 0.05) is 11.8 Å². The zero-order valence-electron chi connectivity index (χ0n) is 10.4. The zero-order chi connectivity index (χ0) is 14.4. The van der Waals surface area contributed by atoms with Gasteiger partial charge in [0.25, 0.3) is 0 Å². The topological polar surface area (TPSA) is 55.1 Å². The summed E-state index contributed by atoms with van der Waals surface area (Å²) >= 11 is 19.1. The van der Waals surface area contributed by atoms with E-state index in [9.17, 15) is 4.79 Å². The van der Waals surface area contributed by atoms with Crippen LogP contribution in [0.15, 0.2) is 12.1 Å². The van der Waals surface area contributed by atoms with Crippen LogP contribution in [0.5, 0.6) is 0 Å². The molecule has 3 nitrogen and oxygen atoms in total. The van der Waals surface area contributed by atoms with Gasteiger partial charge in [-0.1, -0.05) is 41.7 Å². The summed E-state index contributed by atoms with van der Waals surface area (Å²) in [5, 5.41) is 3.76. The Hall–Kier alpha value is -0.130. The van der Waals surface area contributed by atoms with E-state index in [0.717, 1.165) is 12.2 Å². The predicted molar refractivity (Wildman–Crippen MR) is 85.7 cm³/mol. The summed E-state index contributed by atoms with van der Waals surface area (Å²) in [6.07, 6.45) is 0.896. The maximum Gasteiger partial charge on any atom is 0.234 e. The van der Waals surface area contributed by atoms with Crippen molar-refractivity contribution in [3.05, 3.63) is 27.2 Å². The van der Waals surface area contributed by atoms with E-state index in [1.54, 1.807) is 0 Å². The molecule has 106 valence electrons. The van der Waals surface area contributed by atoms with Crippen molar-refractivity contribution in [2.24, 2.45) is 5.73 Å². The second kappa shape index (κ2) is 8.22. The number of hydrogen-bond acceptors (Lipinski definition) is 3. The van der Waals surface area contributed by atoms with Gasteiger partial charge in [0.1, 0.15) is 0 Å². The molecule has 0 aliphatic heterocycles. The number of benzene rings is 1. The Balaban J connectivity index is 2.51. The number of hydrogen-bond donors (Lipinski definition) is 2. The number of anilines is 1. The molecule has 1 aromatic rings. The number of carbonyl (C=O) groups is 1. The molecule has 7 heteroatoms. The van der Waals surface area contributed by atoms with Crippen molar-refractivity contribution in [3.8, 4) is 0 Å². The molecule has 0 bridgehead atoms. The van der Waals surface area contributed by atoms with Crippen molar-refractivity contribution in [1.29, 1.82) is 0 Å². The van der Waals surface area contributed by atoms with Gasteiger partial charge < -0.3 is 11.1 Å². The molecule has 3 N–H and O–H groups in total. The van der Waals surface area contributed by atoms with Crippen LogP contribution < -0.4 is 11.1 Å². The van der Waals surface area contributed by atoms with E-state index in [-0.39, 0.29) is 11.9 Å². The number of amides is 1. The third-order valence-corrected chi connectivity index (χ3v) is 4.54. The predicted octanol–water partition coefficient (Wildman–Crippen LogP) is 4.06. The molecule has 1 rings (SSSR count). The number of carbonyl (C=O) groups excluding carboxylic acids is 1. The van der Waals surface area contributed by atoms with E-state index < -0.39 is 0 Å². The Kier molecular flexibility index (Phi) is 7.32. The quantitative estimate of drug-likeness (QED) is 0.767. The second-order valence-electron chi connectivity index (χ2n) is 3.98. The molecule has 19 heavy (non-hydrogen) atoms. The second-order valence-corrected chi connectivity index (χ2v) is 6.23. The van der Waals surface area contributed by atoms with E-state index in [4.69, 9.17) is 40.5 Å². The van der Waals surface area contributed by atoms with Gasteiger partial charge in [0.05, 0.1) is 26.5 Å². The third-order valence-electron chi connectivity index (χ3n) is 2.37. The molecule has 0 aromatic heterocycles. The van der Waals surface area contributed by atoms with E-state index in [0.29, 0.717) is 26.5 Å². The summed E-state index contributed by atoms with van der Waals surface area (Å²) in [5.74, 6) is 0.928. The van der Waals surface area contributed by atoms with Crippen LogP contribution in [-0.2, 0) is 4.79 Å². The number of rotatable bonds is 6. The molecule has 0 spiro atoms. The number of thioether (sulfide) groups is 1. The molecule has 0 saturated heterocycles. The SMILES string of the molecule is CCC(N)CSCC(=O)Nc1cc(Cl)c(Cl)cc1Cl. The molecule has 0 aliphatic rings. The molecule has 0 saturated carbocycles. The molecule has 0 heterocycles. The minimum absolute atomic E-state index is 0.117. The van der Waals surface area contributed by atoms with Crippen LogP contribution in [0.4, 0.5) is 5.69 Å². The summed E-state index contributed by atoms with van der Waals surface area (Å²) in [6.45, 7) is 2.01.